The largest absolute Gasteiger partial charge is 0.386 e. The van der Waals surface area contributed by atoms with E-state index in [0.29, 0.717) is 38.4 Å². The number of nitrogens with one attached hydrogen (secondary N) is 1. The second-order valence-corrected chi connectivity index (χ2v) is 6.19. The Balaban J connectivity index is 1.45. The van der Waals surface area contributed by atoms with E-state index in [0.717, 1.165) is 5.69 Å². The van der Waals surface area contributed by atoms with E-state index in [9.17, 15) is 9.90 Å². The molecule has 2 aromatic rings. The van der Waals surface area contributed by atoms with Crippen molar-refractivity contribution >= 4 is 11.9 Å². The molecule has 128 valence electrons. The average Bonchev–Trinajstić information content (AvgIpc) is 3.18. The molecule has 0 aromatic carbocycles. The highest BCUT2D eigenvalue weighted by Gasteiger charge is 2.37. The van der Waals surface area contributed by atoms with Crippen LogP contribution in [0.3, 0.4) is 0 Å². The summed E-state index contributed by atoms with van der Waals surface area (Å²) in [5, 5.41) is 17.7. The summed E-state index contributed by atoms with van der Waals surface area (Å²) in [5.41, 5.74) is -0.0177. The third-order valence-corrected chi connectivity index (χ3v) is 4.12. The van der Waals surface area contributed by atoms with Gasteiger partial charge in [-0.05, 0) is 25.5 Å². The van der Waals surface area contributed by atoms with E-state index in [4.69, 9.17) is 0 Å². The molecule has 0 spiro atoms. The lowest BCUT2D eigenvalue weighted by molar-refractivity contribution is -0.122. The van der Waals surface area contributed by atoms with Crippen molar-refractivity contribution in [3.8, 4) is 0 Å². The van der Waals surface area contributed by atoms with Gasteiger partial charge in [-0.25, -0.2) is 9.97 Å². The zero-order valence-corrected chi connectivity index (χ0v) is 13.7. The number of aromatic nitrogens is 4. The molecule has 1 aliphatic heterocycles. The molecule has 2 N–H and O–H groups in total. The number of hydrogen-bond acceptors (Lipinski definition) is 6. The number of β-amino-alcohol motifs (C(OH)–C–C–N with tert-alkyl or cyclic N) is 1. The van der Waals surface area contributed by atoms with E-state index >= 15 is 0 Å². The van der Waals surface area contributed by atoms with E-state index in [1.54, 1.807) is 23.1 Å². The maximum absolute atomic E-state index is 12.0. The summed E-state index contributed by atoms with van der Waals surface area (Å²) >= 11 is 0. The van der Waals surface area contributed by atoms with Crippen LogP contribution in [0.15, 0.2) is 30.7 Å². The molecular formula is C16H22N6O2. The standard InChI is InChI=1S/C16H22N6O2/c1-13-3-8-22(20-13)9-4-14(23)19-11-16(24)5-10-21(12-16)15-17-6-2-7-18-15/h2-3,6-8,24H,4-5,9-12H2,1H3,(H,19,23). The van der Waals surface area contributed by atoms with Crippen LogP contribution in [0.1, 0.15) is 18.5 Å². The predicted octanol–water partition coefficient (Wildman–Crippen LogP) is 0.129. The molecule has 0 saturated carbocycles. The molecule has 24 heavy (non-hydrogen) atoms. The molecule has 1 amide bonds. The molecule has 1 atom stereocenters. The lowest BCUT2D eigenvalue weighted by Gasteiger charge is -2.23. The van der Waals surface area contributed by atoms with Gasteiger partial charge < -0.3 is 15.3 Å². The van der Waals surface area contributed by atoms with E-state index in [1.165, 1.54) is 0 Å². The lowest BCUT2D eigenvalue weighted by Crippen LogP contribution is -2.45. The third-order valence-electron chi connectivity index (χ3n) is 4.12. The van der Waals surface area contributed by atoms with Gasteiger partial charge in [0, 0.05) is 44.6 Å². The Labute approximate surface area is 140 Å². The van der Waals surface area contributed by atoms with E-state index in [-0.39, 0.29) is 12.5 Å². The number of anilines is 1. The molecule has 1 unspecified atom stereocenters. The fraction of sp³-hybridized carbons (Fsp3) is 0.500. The second kappa shape index (κ2) is 6.96. The Kier molecular flexibility index (Phi) is 4.75. The number of aryl methyl sites for hydroxylation is 2. The van der Waals surface area contributed by atoms with Crippen LogP contribution in [0.4, 0.5) is 5.95 Å². The van der Waals surface area contributed by atoms with Crippen LogP contribution in [0.5, 0.6) is 0 Å². The van der Waals surface area contributed by atoms with Gasteiger partial charge in [0.2, 0.25) is 11.9 Å². The monoisotopic (exact) mass is 330 g/mol. The number of carbonyl (C=O) groups excluding carboxylic acids is 1. The number of aliphatic hydroxyl groups is 1. The number of hydrogen-bond donors (Lipinski definition) is 2. The first kappa shape index (κ1) is 16.4. The highest BCUT2D eigenvalue weighted by atomic mass is 16.3. The molecule has 1 fully saturated rings. The van der Waals surface area contributed by atoms with Crippen molar-refractivity contribution in [1.82, 2.24) is 25.1 Å². The first-order valence-corrected chi connectivity index (χ1v) is 8.05. The van der Waals surface area contributed by atoms with Crippen molar-refractivity contribution in [3.05, 3.63) is 36.4 Å². The molecule has 1 saturated heterocycles. The quantitative estimate of drug-likeness (QED) is 0.781. The smallest absolute Gasteiger partial charge is 0.225 e. The van der Waals surface area contributed by atoms with Gasteiger partial charge in [-0.1, -0.05) is 0 Å². The Hall–Kier alpha value is -2.48. The van der Waals surface area contributed by atoms with Gasteiger partial charge in [0.25, 0.3) is 0 Å². The normalized spacial score (nSPS) is 20.3. The van der Waals surface area contributed by atoms with Crippen molar-refractivity contribution in [1.29, 1.82) is 0 Å². The molecule has 0 radical (unpaired) electrons. The zero-order valence-electron chi connectivity index (χ0n) is 13.7. The molecule has 0 aliphatic carbocycles. The van der Waals surface area contributed by atoms with Crippen molar-refractivity contribution in [2.24, 2.45) is 0 Å². The minimum atomic E-state index is -0.947. The average molecular weight is 330 g/mol. The molecule has 8 nitrogen and oxygen atoms in total. The van der Waals surface area contributed by atoms with Gasteiger partial charge in [0.1, 0.15) is 5.60 Å². The summed E-state index contributed by atoms with van der Waals surface area (Å²) in [6, 6.07) is 3.66. The highest BCUT2D eigenvalue weighted by Crippen LogP contribution is 2.23. The number of nitrogens with zero attached hydrogens (tertiary/aromatic N) is 5. The Morgan fingerprint density at radius 3 is 2.92 bits per heavy atom. The van der Waals surface area contributed by atoms with Gasteiger partial charge in [0.05, 0.1) is 12.2 Å². The van der Waals surface area contributed by atoms with E-state index in [2.05, 4.69) is 20.4 Å². The van der Waals surface area contributed by atoms with Gasteiger partial charge in [0.15, 0.2) is 0 Å². The summed E-state index contributed by atoms with van der Waals surface area (Å²) in [4.78, 5) is 22.3. The number of amides is 1. The Morgan fingerprint density at radius 2 is 2.21 bits per heavy atom. The van der Waals surface area contributed by atoms with Crippen molar-refractivity contribution in [2.75, 3.05) is 24.5 Å². The van der Waals surface area contributed by atoms with Crippen molar-refractivity contribution < 1.29 is 9.90 Å². The zero-order chi connectivity index (χ0) is 17.0. The molecular weight excluding hydrogens is 308 g/mol. The maximum atomic E-state index is 12.0. The van der Waals surface area contributed by atoms with Crippen molar-refractivity contribution in [3.63, 3.8) is 0 Å². The molecule has 0 bridgehead atoms. The first-order chi connectivity index (χ1) is 11.5. The van der Waals surface area contributed by atoms with Crippen LogP contribution >= 0.6 is 0 Å². The van der Waals surface area contributed by atoms with Crippen LogP contribution in [-0.4, -0.2) is 56.0 Å². The lowest BCUT2D eigenvalue weighted by atomic mass is 10.0. The summed E-state index contributed by atoms with van der Waals surface area (Å²) in [7, 11) is 0. The second-order valence-electron chi connectivity index (χ2n) is 6.19. The van der Waals surface area contributed by atoms with Crippen molar-refractivity contribution in [2.45, 2.75) is 31.9 Å². The fourth-order valence-corrected chi connectivity index (χ4v) is 2.78. The van der Waals surface area contributed by atoms with Crippen LogP contribution in [-0.2, 0) is 11.3 Å². The number of rotatable bonds is 6. The van der Waals surface area contributed by atoms with E-state index < -0.39 is 5.60 Å². The Bertz CT molecular complexity index is 689. The fourth-order valence-electron chi connectivity index (χ4n) is 2.78. The van der Waals surface area contributed by atoms with Crippen LogP contribution in [0.2, 0.25) is 0 Å². The molecule has 3 rings (SSSR count). The summed E-state index contributed by atoms with van der Waals surface area (Å²) in [6.45, 7) is 3.75. The summed E-state index contributed by atoms with van der Waals surface area (Å²) in [6.07, 6.45) is 6.12. The minimum absolute atomic E-state index is 0.0917. The molecule has 1 aliphatic rings. The van der Waals surface area contributed by atoms with E-state index in [1.807, 2.05) is 24.1 Å². The van der Waals surface area contributed by atoms with Crippen LogP contribution in [0, 0.1) is 6.92 Å². The molecule has 2 aromatic heterocycles. The van der Waals surface area contributed by atoms with Gasteiger partial charge >= 0.3 is 0 Å². The Morgan fingerprint density at radius 1 is 1.42 bits per heavy atom. The van der Waals surface area contributed by atoms with Crippen LogP contribution in [0.25, 0.3) is 0 Å². The minimum Gasteiger partial charge on any atom is -0.386 e. The SMILES string of the molecule is Cc1ccn(CCC(=O)NCC2(O)CCN(c3ncccn3)C2)n1. The topological polar surface area (TPSA) is 96.2 Å². The third kappa shape index (κ3) is 4.08. The summed E-state index contributed by atoms with van der Waals surface area (Å²) in [5.74, 6) is 0.514. The van der Waals surface area contributed by atoms with Gasteiger partial charge in [-0.2, -0.15) is 5.10 Å². The highest BCUT2D eigenvalue weighted by molar-refractivity contribution is 5.75. The number of carbonyl (C=O) groups is 1. The summed E-state index contributed by atoms with van der Waals surface area (Å²) < 4.78 is 1.74. The van der Waals surface area contributed by atoms with Crippen LogP contribution < -0.4 is 10.2 Å². The molecule has 3 heterocycles. The first-order valence-electron chi connectivity index (χ1n) is 8.05. The van der Waals surface area contributed by atoms with Gasteiger partial charge in [-0.15, -0.1) is 0 Å². The predicted molar refractivity (Wildman–Crippen MR) is 88.4 cm³/mol. The maximum Gasteiger partial charge on any atom is 0.225 e. The van der Waals surface area contributed by atoms with Gasteiger partial charge in [-0.3, -0.25) is 9.48 Å². The molecule has 8 heteroatoms.